The Morgan fingerprint density at radius 3 is 2.44 bits per heavy atom. The van der Waals surface area contributed by atoms with Gasteiger partial charge in [-0.3, -0.25) is 19.2 Å². The summed E-state index contributed by atoms with van der Waals surface area (Å²) in [5.74, 6) is -1.65. The van der Waals surface area contributed by atoms with Gasteiger partial charge in [0.05, 0.1) is 5.41 Å². The van der Waals surface area contributed by atoms with Crippen LogP contribution < -0.4 is 10.9 Å². The van der Waals surface area contributed by atoms with Crippen LogP contribution in [0.5, 0.6) is 0 Å². The molecule has 0 aromatic carbocycles. The van der Waals surface area contributed by atoms with Crippen LogP contribution in [-0.4, -0.2) is 34.3 Å². The van der Waals surface area contributed by atoms with E-state index in [4.69, 9.17) is 0 Å². The first-order valence-electron chi connectivity index (χ1n) is 9.45. The van der Waals surface area contributed by atoms with E-state index in [2.05, 4.69) is 10.3 Å². The van der Waals surface area contributed by atoms with Crippen molar-refractivity contribution in [2.45, 2.75) is 58.8 Å². The number of nitrogens with one attached hydrogen (secondary N) is 2. The van der Waals surface area contributed by atoms with Gasteiger partial charge in [0, 0.05) is 24.2 Å². The van der Waals surface area contributed by atoms with Crippen molar-refractivity contribution in [3.8, 4) is 0 Å². The van der Waals surface area contributed by atoms with Crippen LogP contribution in [0, 0.1) is 10.8 Å². The van der Waals surface area contributed by atoms with Crippen molar-refractivity contribution >= 4 is 17.7 Å². The zero-order valence-corrected chi connectivity index (χ0v) is 15.8. The van der Waals surface area contributed by atoms with Gasteiger partial charge < -0.3 is 15.4 Å². The van der Waals surface area contributed by atoms with Gasteiger partial charge in [-0.1, -0.05) is 33.1 Å². The summed E-state index contributed by atoms with van der Waals surface area (Å²) in [6, 6.07) is 1.36. The molecule has 3 rings (SSSR count). The summed E-state index contributed by atoms with van der Waals surface area (Å²) < 4.78 is 0. The first kappa shape index (κ1) is 19.3. The van der Waals surface area contributed by atoms with E-state index in [0.717, 1.165) is 19.3 Å². The zero-order valence-electron chi connectivity index (χ0n) is 15.8. The number of H-pyrrole nitrogens is 1. The molecular formula is C20H26N2O5. The fourth-order valence-corrected chi connectivity index (χ4v) is 4.24. The Morgan fingerprint density at radius 1 is 1.15 bits per heavy atom. The Kier molecular flexibility index (Phi) is 4.97. The van der Waals surface area contributed by atoms with Crippen LogP contribution in [0.2, 0.25) is 0 Å². The Morgan fingerprint density at radius 2 is 1.81 bits per heavy atom. The minimum Gasteiger partial charge on any atom is -0.481 e. The maximum atomic E-state index is 12.6. The zero-order chi connectivity index (χ0) is 19.8. The van der Waals surface area contributed by atoms with Crippen LogP contribution >= 0.6 is 0 Å². The molecule has 0 aliphatic heterocycles. The predicted octanol–water partition coefficient (Wildman–Crippen LogP) is 2.29. The molecule has 27 heavy (non-hydrogen) atoms. The second-order valence-electron chi connectivity index (χ2n) is 8.67. The van der Waals surface area contributed by atoms with Gasteiger partial charge >= 0.3 is 5.97 Å². The monoisotopic (exact) mass is 374 g/mol. The van der Waals surface area contributed by atoms with Crippen molar-refractivity contribution < 1.29 is 19.5 Å². The van der Waals surface area contributed by atoms with E-state index in [0.29, 0.717) is 36.9 Å². The average Bonchev–Trinajstić information content (AvgIpc) is 2.58. The molecule has 7 nitrogen and oxygen atoms in total. The minimum atomic E-state index is -0.977. The first-order chi connectivity index (χ1) is 12.6. The van der Waals surface area contributed by atoms with Gasteiger partial charge in [-0.05, 0) is 30.7 Å². The Hall–Kier alpha value is -2.44. The van der Waals surface area contributed by atoms with Gasteiger partial charge in [-0.25, -0.2) is 0 Å². The smallest absolute Gasteiger partial charge is 0.311 e. The highest BCUT2D eigenvalue weighted by Crippen LogP contribution is 2.36. The number of aromatic amines is 1. The second-order valence-corrected chi connectivity index (χ2v) is 8.67. The molecule has 1 fully saturated rings. The molecule has 0 spiro atoms. The number of hydrogen-bond donors (Lipinski definition) is 3. The fourth-order valence-electron chi connectivity index (χ4n) is 4.24. The summed E-state index contributed by atoms with van der Waals surface area (Å²) in [5, 5.41) is 12.2. The highest BCUT2D eigenvalue weighted by molar-refractivity contribution is 6.02. The number of Topliss-reactive ketones (excluding diaryl/α,β-unsaturated/α-hetero) is 1. The van der Waals surface area contributed by atoms with Crippen molar-refractivity contribution in [3.63, 3.8) is 0 Å². The van der Waals surface area contributed by atoms with Crippen LogP contribution in [0.15, 0.2) is 10.9 Å². The molecule has 1 aromatic rings. The Bertz CT molecular complexity index is 846. The SMILES string of the molecule is CC1(C)CC(=O)c2cc(C(=O)NCC3(C(=O)O)CCCCC3)c(=O)[nH]c2C1. The summed E-state index contributed by atoms with van der Waals surface area (Å²) in [7, 11) is 0. The number of fused-ring (bicyclic) bond motifs is 1. The third-order valence-corrected chi connectivity index (χ3v) is 5.81. The molecule has 1 amide bonds. The number of carbonyl (C=O) groups excluding carboxylic acids is 2. The van der Waals surface area contributed by atoms with Gasteiger partial charge in [0.15, 0.2) is 5.78 Å². The molecule has 0 unspecified atom stereocenters. The molecule has 1 heterocycles. The lowest BCUT2D eigenvalue weighted by Gasteiger charge is -2.33. The molecule has 0 atom stereocenters. The van der Waals surface area contributed by atoms with Crippen LogP contribution in [0.25, 0.3) is 0 Å². The van der Waals surface area contributed by atoms with Gasteiger partial charge in [0.2, 0.25) is 0 Å². The third kappa shape index (κ3) is 3.82. The summed E-state index contributed by atoms with van der Waals surface area (Å²) >= 11 is 0. The molecule has 1 aromatic heterocycles. The number of pyridine rings is 1. The quantitative estimate of drug-likeness (QED) is 0.748. The van der Waals surface area contributed by atoms with E-state index >= 15 is 0 Å². The van der Waals surface area contributed by atoms with Crippen LogP contribution in [0.4, 0.5) is 0 Å². The number of hydrogen-bond acceptors (Lipinski definition) is 4. The standard InChI is InChI=1S/C20H26N2O5/c1-19(2)9-14-12(15(23)10-19)8-13(17(25)22-14)16(24)21-11-20(18(26)27)6-4-3-5-7-20/h8H,3-7,9-11H2,1-2H3,(H,21,24)(H,22,25)(H,26,27). The predicted molar refractivity (Wildman–Crippen MR) is 99.0 cm³/mol. The summed E-state index contributed by atoms with van der Waals surface area (Å²) in [5.41, 5.74) is -0.958. The van der Waals surface area contributed by atoms with Gasteiger partial charge in [-0.15, -0.1) is 0 Å². The largest absolute Gasteiger partial charge is 0.481 e. The van der Waals surface area contributed by atoms with E-state index in [9.17, 15) is 24.3 Å². The number of carboxylic acid groups (broad SMARTS) is 1. The number of carbonyl (C=O) groups is 3. The number of aromatic nitrogens is 1. The number of rotatable bonds is 4. The molecule has 1 saturated carbocycles. The topological polar surface area (TPSA) is 116 Å². The van der Waals surface area contributed by atoms with Crippen LogP contribution in [0.3, 0.4) is 0 Å². The summed E-state index contributed by atoms with van der Waals surface area (Å²) in [4.78, 5) is 51.7. The molecule has 146 valence electrons. The van der Waals surface area contributed by atoms with Crippen molar-refractivity contribution in [1.29, 1.82) is 0 Å². The fraction of sp³-hybridized carbons (Fsp3) is 0.600. The molecule has 2 aliphatic rings. The lowest BCUT2D eigenvalue weighted by molar-refractivity contribution is -0.150. The molecular weight excluding hydrogens is 348 g/mol. The highest BCUT2D eigenvalue weighted by Gasteiger charge is 2.40. The van der Waals surface area contributed by atoms with Gasteiger partial charge in [0.25, 0.3) is 11.5 Å². The third-order valence-electron chi connectivity index (χ3n) is 5.81. The number of carboxylic acids is 1. The van der Waals surface area contributed by atoms with Crippen molar-refractivity contribution in [2.24, 2.45) is 10.8 Å². The van der Waals surface area contributed by atoms with Crippen molar-refractivity contribution in [2.75, 3.05) is 6.54 Å². The molecule has 0 radical (unpaired) electrons. The minimum absolute atomic E-state index is 0.0152. The van der Waals surface area contributed by atoms with Crippen molar-refractivity contribution in [3.05, 3.63) is 33.2 Å². The Balaban J connectivity index is 1.81. The molecule has 0 saturated heterocycles. The number of amides is 1. The maximum Gasteiger partial charge on any atom is 0.311 e. The van der Waals surface area contributed by atoms with Gasteiger partial charge in [-0.2, -0.15) is 0 Å². The van der Waals surface area contributed by atoms with Crippen LogP contribution in [-0.2, 0) is 11.2 Å². The Labute approximate surface area is 157 Å². The average molecular weight is 374 g/mol. The van der Waals surface area contributed by atoms with E-state index in [1.807, 2.05) is 13.8 Å². The lowest BCUT2D eigenvalue weighted by Crippen LogP contribution is -2.45. The summed E-state index contributed by atoms with van der Waals surface area (Å²) in [6.45, 7) is 3.91. The van der Waals surface area contributed by atoms with Crippen LogP contribution in [0.1, 0.15) is 78.8 Å². The second kappa shape index (κ2) is 6.94. The van der Waals surface area contributed by atoms with Gasteiger partial charge in [0.1, 0.15) is 5.56 Å². The van der Waals surface area contributed by atoms with E-state index < -0.39 is 22.9 Å². The number of ketones is 1. The van der Waals surface area contributed by atoms with Crippen molar-refractivity contribution in [1.82, 2.24) is 10.3 Å². The normalized spacial score (nSPS) is 20.6. The lowest BCUT2D eigenvalue weighted by atomic mass is 9.74. The highest BCUT2D eigenvalue weighted by atomic mass is 16.4. The van der Waals surface area contributed by atoms with E-state index in [1.165, 1.54) is 6.07 Å². The molecule has 0 bridgehead atoms. The van der Waals surface area contributed by atoms with E-state index in [1.54, 1.807) is 0 Å². The molecule has 7 heteroatoms. The molecule has 3 N–H and O–H groups in total. The molecule has 2 aliphatic carbocycles. The summed E-state index contributed by atoms with van der Waals surface area (Å²) in [6.07, 6.45) is 4.56. The number of aliphatic carboxylic acids is 1. The first-order valence-corrected chi connectivity index (χ1v) is 9.45. The van der Waals surface area contributed by atoms with E-state index in [-0.39, 0.29) is 23.3 Å². The maximum absolute atomic E-state index is 12.6.